The number of hydrogen-bond acceptors (Lipinski definition) is 5. The third kappa shape index (κ3) is 4.29. The fraction of sp³-hybridized carbons (Fsp3) is 0.818. The molecule has 0 atom stereocenters. The molecule has 0 fully saturated rings. The third-order valence-corrected chi connectivity index (χ3v) is 3.67. The molecule has 0 bridgehead atoms. The van der Waals surface area contributed by atoms with Crippen LogP contribution in [0.5, 0.6) is 0 Å². The first-order chi connectivity index (χ1) is 8.72. The van der Waals surface area contributed by atoms with Crippen LogP contribution < -0.4 is 0 Å². The zero-order valence-corrected chi connectivity index (χ0v) is 12.1. The molecule has 0 N–H and O–H groups in total. The van der Waals surface area contributed by atoms with Crippen molar-refractivity contribution in [2.45, 2.75) is 39.5 Å². The highest BCUT2D eigenvalue weighted by molar-refractivity contribution is 7.98. The summed E-state index contributed by atoms with van der Waals surface area (Å²) in [5.74, 6) is 2.67. The Morgan fingerprint density at radius 3 is 2.67 bits per heavy atom. The van der Waals surface area contributed by atoms with Crippen LogP contribution in [-0.2, 0) is 17.1 Å². The summed E-state index contributed by atoms with van der Waals surface area (Å²) < 4.78 is 1.78. The van der Waals surface area contributed by atoms with Crippen LogP contribution in [0, 0.1) is 0 Å². The average molecular weight is 271 g/mol. The number of aryl methyl sites for hydroxylation is 1. The van der Waals surface area contributed by atoms with Gasteiger partial charge in [-0.3, -0.25) is 4.79 Å². The summed E-state index contributed by atoms with van der Waals surface area (Å²) >= 11 is 1.70. The minimum absolute atomic E-state index is 0.225. The SMILES string of the molecule is CCN(CC)C(=O)CCSCc1nnnn1CC. The highest BCUT2D eigenvalue weighted by atomic mass is 32.2. The van der Waals surface area contributed by atoms with E-state index in [9.17, 15) is 4.79 Å². The summed E-state index contributed by atoms with van der Waals surface area (Å²) in [6.07, 6.45) is 0.583. The van der Waals surface area contributed by atoms with Crippen LogP contribution in [0.15, 0.2) is 0 Å². The molecule has 1 rings (SSSR count). The maximum atomic E-state index is 11.8. The van der Waals surface area contributed by atoms with Gasteiger partial charge >= 0.3 is 0 Å². The highest BCUT2D eigenvalue weighted by Gasteiger charge is 2.09. The molecule has 0 aromatic carbocycles. The van der Waals surface area contributed by atoms with Crippen molar-refractivity contribution in [2.75, 3.05) is 18.8 Å². The van der Waals surface area contributed by atoms with Crippen molar-refractivity contribution in [2.24, 2.45) is 0 Å². The lowest BCUT2D eigenvalue weighted by Crippen LogP contribution is -2.30. The molecule has 0 aliphatic rings. The van der Waals surface area contributed by atoms with E-state index in [0.29, 0.717) is 6.42 Å². The molecule has 0 aliphatic carbocycles. The van der Waals surface area contributed by atoms with Crippen LogP contribution in [0.2, 0.25) is 0 Å². The Hall–Kier alpha value is -1.11. The Balaban J connectivity index is 2.24. The van der Waals surface area contributed by atoms with E-state index >= 15 is 0 Å². The summed E-state index contributed by atoms with van der Waals surface area (Å²) in [6, 6.07) is 0. The largest absolute Gasteiger partial charge is 0.343 e. The molecule has 1 heterocycles. The molecule has 102 valence electrons. The predicted molar refractivity (Wildman–Crippen MR) is 72.2 cm³/mol. The summed E-state index contributed by atoms with van der Waals surface area (Å²) in [4.78, 5) is 13.6. The molecular formula is C11H21N5OS. The van der Waals surface area contributed by atoms with E-state index in [-0.39, 0.29) is 5.91 Å². The molecule has 18 heavy (non-hydrogen) atoms. The summed E-state index contributed by atoms with van der Waals surface area (Å²) in [5, 5.41) is 11.5. The van der Waals surface area contributed by atoms with Crippen molar-refractivity contribution < 1.29 is 4.79 Å². The number of tetrazole rings is 1. The van der Waals surface area contributed by atoms with Gasteiger partial charge in [0.25, 0.3) is 0 Å². The summed E-state index contributed by atoms with van der Waals surface area (Å²) in [7, 11) is 0. The number of nitrogens with zero attached hydrogens (tertiary/aromatic N) is 5. The predicted octanol–water partition coefficient (Wildman–Crippen LogP) is 1.18. The molecule has 0 unspecified atom stereocenters. The average Bonchev–Trinajstić information content (AvgIpc) is 2.83. The topological polar surface area (TPSA) is 63.9 Å². The molecule has 0 aliphatic heterocycles. The number of thioether (sulfide) groups is 1. The number of hydrogen-bond donors (Lipinski definition) is 0. The van der Waals surface area contributed by atoms with E-state index in [2.05, 4.69) is 15.5 Å². The Morgan fingerprint density at radius 1 is 1.33 bits per heavy atom. The van der Waals surface area contributed by atoms with Gasteiger partial charge in [-0.2, -0.15) is 11.8 Å². The minimum Gasteiger partial charge on any atom is -0.343 e. The third-order valence-electron chi connectivity index (χ3n) is 2.71. The first-order valence-corrected chi connectivity index (χ1v) is 7.48. The molecule has 1 aromatic rings. The van der Waals surface area contributed by atoms with Crippen LogP contribution in [0.4, 0.5) is 0 Å². The van der Waals surface area contributed by atoms with Gasteiger partial charge in [-0.25, -0.2) is 4.68 Å². The fourth-order valence-corrected chi connectivity index (χ4v) is 2.48. The van der Waals surface area contributed by atoms with Crippen LogP contribution in [0.1, 0.15) is 33.0 Å². The lowest BCUT2D eigenvalue weighted by molar-refractivity contribution is -0.130. The van der Waals surface area contributed by atoms with Gasteiger partial charge in [0.05, 0.1) is 5.75 Å². The number of amides is 1. The monoisotopic (exact) mass is 271 g/mol. The molecule has 0 spiro atoms. The molecule has 6 nitrogen and oxygen atoms in total. The lowest BCUT2D eigenvalue weighted by Gasteiger charge is -2.18. The van der Waals surface area contributed by atoms with Gasteiger partial charge in [0, 0.05) is 31.8 Å². The van der Waals surface area contributed by atoms with E-state index in [0.717, 1.165) is 37.0 Å². The summed E-state index contributed by atoms with van der Waals surface area (Å²) in [5.41, 5.74) is 0. The highest BCUT2D eigenvalue weighted by Crippen LogP contribution is 2.11. The standard InChI is InChI=1S/C11H21N5OS/c1-4-15(5-2)11(17)7-8-18-9-10-12-13-14-16(10)6-3/h4-9H2,1-3H3. The Kier molecular flexibility index (Phi) is 6.70. The second-order valence-electron chi connectivity index (χ2n) is 3.78. The van der Waals surface area contributed by atoms with Gasteiger partial charge in [0.1, 0.15) is 0 Å². The van der Waals surface area contributed by atoms with Crippen molar-refractivity contribution in [1.82, 2.24) is 25.1 Å². The van der Waals surface area contributed by atoms with E-state index < -0.39 is 0 Å². The van der Waals surface area contributed by atoms with Gasteiger partial charge in [-0.15, -0.1) is 5.10 Å². The molecular weight excluding hydrogens is 250 g/mol. The summed E-state index contributed by atoms with van der Waals surface area (Å²) in [6.45, 7) is 8.37. The van der Waals surface area contributed by atoms with E-state index in [4.69, 9.17) is 0 Å². The van der Waals surface area contributed by atoms with E-state index in [1.165, 1.54) is 0 Å². The molecule has 1 amide bonds. The number of aromatic nitrogens is 4. The van der Waals surface area contributed by atoms with Crippen molar-refractivity contribution in [3.05, 3.63) is 5.82 Å². The first-order valence-electron chi connectivity index (χ1n) is 6.33. The van der Waals surface area contributed by atoms with Gasteiger partial charge in [-0.1, -0.05) is 0 Å². The maximum absolute atomic E-state index is 11.8. The number of rotatable bonds is 8. The second-order valence-corrected chi connectivity index (χ2v) is 4.88. The zero-order chi connectivity index (χ0) is 13.4. The quantitative estimate of drug-likeness (QED) is 0.664. The molecule has 0 radical (unpaired) electrons. The zero-order valence-electron chi connectivity index (χ0n) is 11.3. The van der Waals surface area contributed by atoms with Crippen molar-refractivity contribution in [3.8, 4) is 0 Å². The van der Waals surface area contributed by atoms with Gasteiger partial charge in [-0.05, 0) is 31.2 Å². The molecule has 1 aromatic heterocycles. The minimum atomic E-state index is 0.225. The first kappa shape index (κ1) is 14.9. The van der Waals surface area contributed by atoms with Crippen LogP contribution >= 0.6 is 11.8 Å². The van der Waals surface area contributed by atoms with Gasteiger partial charge in [0.2, 0.25) is 5.91 Å². The Bertz CT molecular complexity index is 364. The lowest BCUT2D eigenvalue weighted by atomic mass is 10.4. The van der Waals surface area contributed by atoms with Crippen LogP contribution in [0.3, 0.4) is 0 Å². The van der Waals surface area contributed by atoms with Crippen molar-refractivity contribution in [3.63, 3.8) is 0 Å². The molecule has 7 heteroatoms. The fourth-order valence-electron chi connectivity index (χ4n) is 1.63. The van der Waals surface area contributed by atoms with Crippen molar-refractivity contribution >= 4 is 17.7 Å². The number of carbonyl (C=O) groups excluding carboxylic acids is 1. The second kappa shape index (κ2) is 8.07. The Morgan fingerprint density at radius 2 is 2.06 bits per heavy atom. The van der Waals surface area contributed by atoms with Crippen LogP contribution in [-0.4, -0.2) is 49.9 Å². The molecule has 0 saturated heterocycles. The normalized spacial score (nSPS) is 10.6. The number of carbonyl (C=O) groups is 1. The van der Waals surface area contributed by atoms with Gasteiger partial charge < -0.3 is 4.90 Å². The van der Waals surface area contributed by atoms with Crippen LogP contribution in [0.25, 0.3) is 0 Å². The van der Waals surface area contributed by atoms with E-state index in [1.807, 2.05) is 25.7 Å². The molecule has 0 saturated carbocycles. The maximum Gasteiger partial charge on any atom is 0.223 e. The smallest absolute Gasteiger partial charge is 0.223 e. The van der Waals surface area contributed by atoms with E-state index in [1.54, 1.807) is 16.4 Å². The Labute approximate surface area is 112 Å². The van der Waals surface area contributed by atoms with Crippen molar-refractivity contribution in [1.29, 1.82) is 0 Å². The van der Waals surface area contributed by atoms with Gasteiger partial charge in [0.15, 0.2) is 5.82 Å².